The molecule has 0 aliphatic rings. The van der Waals surface area contributed by atoms with E-state index in [1.807, 2.05) is 6.07 Å². The SMILES string of the molecule is CC(CN)(CCC(F)(F)F)NC(=O)OCc1ccccc1. The maximum atomic E-state index is 12.2. The topological polar surface area (TPSA) is 64.3 Å². The highest BCUT2D eigenvalue weighted by Crippen LogP contribution is 2.25. The molecule has 0 aliphatic heterocycles. The molecule has 0 aliphatic carbocycles. The van der Waals surface area contributed by atoms with Gasteiger partial charge in [-0.25, -0.2) is 4.79 Å². The van der Waals surface area contributed by atoms with Crippen LogP contribution in [-0.4, -0.2) is 24.4 Å². The van der Waals surface area contributed by atoms with Crippen LogP contribution in [0, 0.1) is 0 Å². The molecule has 118 valence electrons. The van der Waals surface area contributed by atoms with Gasteiger partial charge in [0.05, 0.1) is 5.54 Å². The Morgan fingerprint density at radius 2 is 1.86 bits per heavy atom. The summed E-state index contributed by atoms with van der Waals surface area (Å²) < 4.78 is 41.7. The predicted octanol–water partition coefficient (Wildman–Crippen LogP) is 2.97. The van der Waals surface area contributed by atoms with Crippen LogP contribution in [0.25, 0.3) is 0 Å². The minimum Gasteiger partial charge on any atom is -0.445 e. The third-order valence-corrected chi connectivity index (χ3v) is 3.03. The second-order valence-corrected chi connectivity index (χ2v) is 5.07. The molecule has 0 bridgehead atoms. The van der Waals surface area contributed by atoms with E-state index in [0.29, 0.717) is 0 Å². The summed E-state index contributed by atoms with van der Waals surface area (Å²) in [5.74, 6) is 0. The lowest BCUT2D eigenvalue weighted by Gasteiger charge is -2.29. The number of hydrogen-bond acceptors (Lipinski definition) is 3. The first-order valence-corrected chi connectivity index (χ1v) is 6.50. The van der Waals surface area contributed by atoms with Crippen molar-refractivity contribution >= 4 is 6.09 Å². The highest BCUT2D eigenvalue weighted by molar-refractivity contribution is 5.68. The fourth-order valence-electron chi connectivity index (χ4n) is 1.64. The van der Waals surface area contributed by atoms with Crippen molar-refractivity contribution in [2.75, 3.05) is 6.54 Å². The van der Waals surface area contributed by atoms with Gasteiger partial charge in [-0.3, -0.25) is 0 Å². The van der Waals surface area contributed by atoms with Crippen molar-refractivity contribution in [1.82, 2.24) is 5.32 Å². The number of rotatable bonds is 6. The van der Waals surface area contributed by atoms with Crippen molar-refractivity contribution in [3.63, 3.8) is 0 Å². The predicted molar refractivity (Wildman–Crippen MR) is 72.5 cm³/mol. The van der Waals surface area contributed by atoms with Gasteiger partial charge in [-0.1, -0.05) is 30.3 Å². The van der Waals surface area contributed by atoms with Gasteiger partial charge in [0.25, 0.3) is 0 Å². The summed E-state index contributed by atoms with van der Waals surface area (Å²) in [5, 5.41) is 2.40. The number of nitrogens with two attached hydrogens (primary N) is 1. The van der Waals surface area contributed by atoms with Crippen LogP contribution in [0.1, 0.15) is 25.3 Å². The molecule has 0 aromatic heterocycles. The minimum absolute atomic E-state index is 0.0482. The van der Waals surface area contributed by atoms with Gasteiger partial charge in [-0.15, -0.1) is 0 Å². The average molecular weight is 304 g/mol. The quantitative estimate of drug-likeness (QED) is 0.849. The van der Waals surface area contributed by atoms with Gasteiger partial charge < -0.3 is 15.8 Å². The lowest BCUT2D eigenvalue weighted by atomic mass is 9.96. The van der Waals surface area contributed by atoms with Crippen LogP contribution in [0.15, 0.2) is 30.3 Å². The van der Waals surface area contributed by atoms with Crippen LogP contribution >= 0.6 is 0 Å². The van der Waals surface area contributed by atoms with Gasteiger partial charge in [-0.2, -0.15) is 13.2 Å². The molecule has 1 rings (SSSR count). The Bertz CT molecular complexity index is 451. The molecule has 21 heavy (non-hydrogen) atoms. The van der Waals surface area contributed by atoms with E-state index in [0.717, 1.165) is 5.56 Å². The maximum absolute atomic E-state index is 12.2. The molecule has 4 nitrogen and oxygen atoms in total. The summed E-state index contributed by atoms with van der Waals surface area (Å²) in [4.78, 5) is 11.6. The highest BCUT2D eigenvalue weighted by Gasteiger charge is 2.33. The molecule has 1 amide bonds. The fraction of sp³-hybridized carbons (Fsp3) is 0.500. The van der Waals surface area contributed by atoms with E-state index < -0.39 is 24.2 Å². The monoisotopic (exact) mass is 304 g/mol. The van der Waals surface area contributed by atoms with Crippen LogP contribution in [0.4, 0.5) is 18.0 Å². The summed E-state index contributed by atoms with van der Waals surface area (Å²) >= 11 is 0. The maximum Gasteiger partial charge on any atom is 0.407 e. The number of alkyl halides is 3. The number of halogens is 3. The van der Waals surface area contributed by atoms with E-state index in [1.165, 1.54) is 6.92 Å². The molecule has 0 spiro atoms. The standard InChI is InChI=1S/C14H19F3N2O2/c1-13(10-18,7-8-14(15,16)17)19-12(20)21-9-11-5-3-2-4-6-11/h2-6H,7-10,18H2,1H3,(H,19,20). The summed E-state index contributed by atoms with van der Waals surface area (Å²) in [6.45, 7) is 1.40. The molecule has 0 radical (unpaired) electrons. The number of alkyl carbamates (subject to hydrolysis) is 1. The molecule has 7 heteroatoms. The Balaban J connectivity index is 2.46. The Kier molecular flexibility index (Phi) is 6.02. The van der Waals surface area contributed by atoms with Crippen LogP contribution < -0.4 is 11.1 Å². The summed E-state index contributed by atoms with van der Waals surface area (Å²) in [6.07, 6.45) is -6.38. The van der Waals surface area contributed by atoms with Gasteiger partial charge in [0.2, 0.25) is 0 Å². The van der Waals surface area contributed by atoms with E-state index in [4.69, 9.17) is 10.5 Å². The van der Waals surface area contributed by atoms with Crippen molar-refractivity contribution < 1.29 is 22.7 Å². The van der Waals surface area contributed by atoms with Gasteiger partial charge in [0, 0.05) is 13.0 Å². The van der Waals surface area contributed by atoms with Gasteiger partial charge >= 0.3 is 12.3 Å². The third kappa shape index (κ3) is 6.99. The molecule has 1 atom stereocenters. The molecule has 0 heterocycles. The zero-order valence-corrected chi connectivity index (χ0v) is 11.7. The first-order chi connectivity index (χ1) is 9.74. The van der Waals surface area contributed by atoms with Crippen molar-refractivity contribution in [3.8, 4) is 0 Å². The molecule has 0 fully saturated rings. The Hall–Kier alpha value is -1.76. The van der Waals surface area contributed by atoms with E-state index in [-0.39, 0.29) is 19.6 Å². The zero-order chi connectivity index (χ0) is 15.9. The molecule has 1 aromatic carbocycles. The number of hydrogen-bond donors (Lipinski definition) is 2. The minimum atomic E-state index is -4.29. The van der Waals surface area contributed by atoms with Crippen molar-refractivity contribution in [2.24, 2.45) is 5.73 Å². The van der Waals surface area contributed by atoms with Crippen LogP contribution in [0.2, 0.25) is 0 Å². The summed E-state index contributed by atoms with van der Waals surface area (Å²) in [6, 6.07) is 8.97. The van der Waals surface area contributed by atoms with Crippen molar-refractivity contribution in [3.05, 3.63) is 35.9 Å². The third-order valence-electron chi connectivity index (χ3n) is 3.03. The molecular weight excluding hydrogens is 285 g/mol. The average Bonchev–Trinajstić information content (AvgIpc) is 2.43. The Morgan fingerprint density at radius 3 is 2.38 bits per heavy atom. The number of amides is 1. The highest BCUT2D eigenvalue weighted by atomic mass is 19.4. The first-order valence-electron chi connectivity index (χ1n) is 6.50. The summed E-state index contributed by atoms with van der Waals surface area (Å²) in [7, 11) is 0. The molecular formula is C14H19F3N2O2. The number of nitrogens with one attached hydrogen (secondary N) is 1. The molecule has 1 aromatic rings. The number of carbonyl (C=O) groups excluding carboxylic acids is 1. The Morgan fingerprint density at radius 1 is 1.24 bits per heavy atom. The molecule has 0 saturated carbocycles. The summed E-state index contributed by atoms with van der Waals surface area (Å²) in [5.41, 5.74) is 5.09. The Labute approximate surface area is 121 Å². The van der Waals surface area contributed by atoms with Crippen LogP contribution in [0.5, 0.6) is 0 Å². The fourth-order valence-corrected chi connectivity index (χ4v) is 1.64. The molecule has 1 unspecified atom stereocenters. The van der Waals surface area contributed by atoms with Crippen LogP contribution in [0.3, 0.4) is 0 Å². The van der Waals surface area contributed by atoms with Crippen molar-refractivity contribution in [1.29, 1.82) is 0 Å². The number of benzene rings is 1. The lowest BCUT2D eigenvalue weighted by Crippen LogP contribution is -2.52. The van der Waals surface area contributed by atoms with Gasteiger partial charge in [0.15, 0.2) is 0 Å². The van der Waals surface area contributed by atoms with Crippen molar-refractivity contribution in [2.45, 2.75) is 38.1 Å². The van der Waals surface area contributed by atoms with E-state index in [1.54, 1.807) is 24.3 Å². The van der Waals surface area contributed by atoms with E-state index in [2.05, 4.69) is 5.32 Å². The smallest absolute Gasteiger partial charge is 0.407 e. The normalized spacial score (nSPS) is 14.3. The number of ether oxygens (including phenoxy) is 1. The lowest BCUT2D eigenvalue weighted by molar-refractivity contribution is -0.138. The second-order valence-electron chi connectivity index (χ2n) is 5.07. The van der Waals surface area contributed by atoms with E-state index in [9.17, 15) is 18.0 Å². The van der Waals surface area contributed by atoms with E-state index >= 15 is 0 Å². The molecule has 3 N–H and O–H groups in total. The number of carbonyl (C=O) groups is 1. The second kappa shape index (κ2) is 7.31. The largest absolute Gasteiger partial charge is 0.445 e. The van der Waals surface area contributed by atoms with Gasteiger partial charge in [0.1, 0.15) is 6.61 Å². The van der Waals surface area contributed by atoms with Crippen LogP contribution in [-0.2, 0) is 11.3 Å². The zero-order valence-electron chi connectivity index (χ0n) is 11.7. The van der Waals surface area contributed by atoms with Gasteiger partial charge in [-0.05, 0) is 18.9 Å². The first kappa shape index (κ1) is 17.3. The molecule has 0 saturated heterocycles.